The molecule has 0 amide bonds. The molecule has 0 N–H and O–H groups in total. The molecule has 0 saturated carbocycles. The molecule has 280 valence electrons. The molecule has 2 nitrogen and oxygen atoms in total. The van der Waals surface area contributed by atoms with Crippen LogP contribution in [0.2, 0.25) is 0 Å². The van der Waals surface area contributed by atoms with Crippen LogP contribution in [0.5, 0.6) is 0 Å². The Labute approximate surface area is 366 Å². The fourth-order valence-electron chi connectivity index (χ4n) is 10.2. The number of furan rings is 1. The van der Waals surface area contributed by atoms with E-state index in [1.807, 2.05) is 0 Å². The normalized spacial score (nSPS) is 11.5. The average molecular weight is 770 g/mol. The van der Waals surface area contributed by atoms with Crippen LogP contribution in [-0.2, 0) is 0 Å². The molecule has 0 aliphatic heterocycles. The smallest absolute Gasteiger partial charge is 0.143 e. The molecule has 11 heteroatoms. The summed E-state index contributed by atoms with van der Waals surface area (Å²) in [6, 6.07) is 52.9. The van der Waals surface area contributed by atoms with E-state index in [1.165, 1.54) is 93.3 Å². The molecule has 61 heavy (non-hydrogen) atoms. The number of anilines is 3. The number of hydrogen-bond acceptors (Lipinski definition) is 2. The molecular weight excluding hydrogens is 728 g/mol. The summed E-state index contributed by atoms with van der Waals surface area (Å²) in [6.45, 7) is 0. The van der Waals surface area contributed by atoms with E-state index >= 15 is 0 Å². The van der Waals surface area contributed by atoms with Gasteiger partial charge in [-0.2, -0.15) is 0 Å². The molecule has 0 spiro atoms. The molecular formula is C50H42B9NO. The monoisotopic (exact) mass is 771 g/mol. The Morgan fingerprint density at radius 3 is 1.62 bits per heavy atom. The van der Waals surface area contributed by atoms with Crippen LogP contribution >= 0.6 is 0 Å². The van der Waals surface area contributed by atoms with Gasteiger partial charge in [-0.15, -0.1) is 16.4 Å². The van der Waals surface area contributed by atoms with E-state index in [1.54, 1.807) is 0 Å². The molecule has 0 aliphatic rings. The molecule has 0 bridgehead atoms. The maximum absolute atomic E-state index is 6.75. The highest BCUT2D eigenvalue weighted by Crippen LogP contribution is 2.45. The molecule has 10 aromatic rings. The minimum Gasteiger partial charge on any atom is -0.455 e. The molecule has 0 atom stereocenters. The Bertz CT molecular complexity index is 3390. The first kappa shape index (κ1) is 38.9. The first-order valence-electron chi connectivity index (χ1n) is 21.5. The third-order valence-corrected chi connectivity index (χ3v) is 14.1. The van der Waals surface area contributed by atoms with Gasteiger partial charge >= 0.3 is 0 Å². The van der Waals surface area contributed by atoms with Crippen molar-refractivity contribution in [3.8, 4) is 33.4 Å². The Balaban J connectivity index is 1.27. The zero-order chi connectivity index (χ0) is 42.3. The van der Waals surface area contributed by atoms with Crippen molar-refractivity contribution in [2.45, 2.75) is 0 Å². The second-order valence-electron chi connectivity index (χ2n) is 17.1. The van der Waals surface area contributed by atoms with Crippen molar-refractivity contribution in [1.82, 2.24) is 0 Å². The zero-order valence-corrected chi connectivity index (χ0v) is 36.7. The van der Waals surface area contributed by atoms with Crippen molar-refractivity contribution in [1.29, 1.82) is 0 Å². The average Bonchev–Trinajstić information content (AvgIpc) is 3.69. The van der Waals surface area contributed by atoms with E-state index in [0.29, 0.717) is 0 Å². The molecule has 9 aromatic carbocycles. The lowest BCUT2D eigenvalue weighted by molar-refractivity contribution is 0.673. The lowest BCUT2D eigenvalue weighted by Gasteiger charge is -2.35. The van der Waals surface area contributed by atoms with Gasteiger partial charge < -0.3 is 9.32 Å². The molecule has 1 heterocycles. The second kappa shape index (κ2) is 15.0. The highest BCUT2D eigenvalue weighted by atomic mass is 16.3. The number of benzene rings is 9. The summed E-state index contributed by atoms with van der Waals surface area (Å²) in [5.41, 5.74) is 24.8. The van der Waals surface area contributed by atoms with Gasteiger partial charge in [0.05, 0.1) is 5.69 Å². The lowest BCUT2D eigenvalue weighted by atomic mass is 9.56. The Morgan fingerprint density at radius 1 is 0.377 bits per heavy atom. The van der Waals surface area contributed by atoms with Crippen LogP contribution in [0.3, 0.4) is 0 Å². The van der Waals surface area contributed by atoms with Gasteiger partial charge in [0, 0.05) is 33.1 Å². The maximum Gasteiger partial charge on any atom is 0.143 e. The Hall–Kier alpha value is -6.32. The third-order valence-electron chi connectivity index (χ3n) is 14.1. The number of fused-ring (bicyclic) bond motifs is 6. The van der Waals surface area contributed by atoms with E-state index in [-0.39, 0.29) is 0 Å². The summed E-state index contributed by atoms with van der Waals surface area (Å²) in [5, 5.41) is 7.05. The quantitative estimate of drug-likeness (QED) is 0.196. The van der Waals surface area contributed by atoms with Crippen molar-refractivity contribution >= 4 is 180 Å². The molecule has 0 unspecified atom stereocenters. The van der Waals surface area contributed by atoms with Gasteiger partial charge in [0.1, 0.15) is 81.8 Å². The van der Waals surface area contributed by atoms with Gasteiger partial charge in [0.15, 0.2) is 0 Å². The first-order chi connectivity index (χ1) is 29.5. The highest BCUT2D eigenvalue weighted by Gasteiger charge is 2.27. The summed E-state index contributed by atoms with van der Waals surface area (Å²) >= 11 is 0. The second-order valence-corrected chi connectivity index (χ2v) is 17.1. The van der Waals surface area contributed by atoms with Crippen LogP contribution in [0, 0.1) is 0 Å². The van der Waals surface area contributed by atoms with Crippen molar-refractivity contribution in [2.24, 2.45) is 0 Å². The number of hydrogen-bond donors (Lipinski definition) is 0. The first-order valence-corrected chi connectivity index (χ1v) is 21.5. The molecule has 10 rings (SSSR count). The van der Waals surface area contributed by atoms with Crippen molar-refractivity contribution in [3.63, 3.8) is 0 Å². The maximum atomic E-state index is 6.75. The predicted octanol–water partition coefficient (Wildman–Crippen LogP) is -1.31. The van der Waals surface area contributed by atoms with Crippen LogP contribution in [0.1, 0.15) is 0 Å². The van der Waals surface area contributed by atoms with Gasteiger partial charge in [0.25, 0.3) is 0 Å². The number of para-hydroxylation sites is 1. The van der Waals surface area contributed by atoms with Gasteiger partial charge in [-0.25, -0.2) is 0 Å². The summed E-state index contributed by atoms with van der Waals surface area (Å²) in [6.07, 6.45) is 0. The van der Waals surface area contributed by atoms with E-state index in [9.17, 15) is 0 Å². The topological polar surface area (TPSA) is 16.4 Å². The minimum atomic E-state index is 0.890. The van der Waals surface area contributed by atoms with Crippen molar-refractivity contribution in [2.75, 3.05) is 4.90 Å². The molecule has 0 radical (unpaired) electrons. The predicted molar refractivity (Wildman–Crippen MR) is 293 cm³/mol. The van der Waals surface area contributed by atoms with Crippen LogP contribution < -0.4 is 54.1 Å². The van der Waals surface area contributed by atoms with Crippen molar-refractivity contribution < 1.29 is 4.42 Å². The third kappa shape index (κ3) is 6.07. The highest BCUT2D eigenvalue weighted by molar-refractivity contribution is 6.71. The SMILES string of the molecule is Bc1c(B)c(B)c(-c2c(B)c(B)c(N(c3cccc(-c4cccc5ccccc45)c3)c3ccccc3-c3cccc4oc5c6ccccc6ccc5c34)c(B)c2B)c(B)c1B. The molecule has 0 saturated heterocycles. The number of rotatable bonds is 6. The summed E-state index contributed by atoms with van der Waals surface area (Å²) in [5.74, 6) is 0. The Kier molecular flexibility index (Phi) is 9.55. The largest absolute Gasteiger partial charge is 0.455 e. The van der Waals surface area contributed by atoms with Crippen LogP contribution in [0.25, 0.3) is 76.9 Å². The van der Waals surface area contributed by atoms with E-state index < -0.39 is 0 Å². The van der Waals surface area contributed by atoms with Gasteiger partial charge in [-0.05, 0) is 74.3 Å². The van der Waals surface area contributed by atoms with Gasteiger partial charge in [-0.3, -0.25) is 0 Å². The van der Waals surface area contributed by atoms with Crippen molar-refractivity contribution in [3.05, 3.63) is 146 Å². The molecule has 1 aromatic heterocycles. The minimum absolute atomic E-state index is 0.890. The summed E-state index contributed by atoms with van der Waals surface area (Å²) in [7, 11) is 20.8. The van der Waals surface area contributed by atoms with Crippen LogP contribution in [0.4, 0.5) is 17.1 Å². The van der Waals surface area contributed by atoms with Crippen LogP contribution in [0.15, 0.2) is 150 Å². The van der Waals surface area contributed by atoms with Gasteiger partial charge in [-0.1, -0.05) is 148 Å². The standard InChI is InChI=1S/C50H42B9NO/c51-40-38(41(52)45(56)46(57)44(40)55)39-42(53)47(58)49(48(59)43(39)54)60(28-14-7-13-27(24-28)30-18-8-12-25-10-1-3-15-29(25)30)35-20-6-5-17-32(35)33-19-9-21-36-37(33)34-23-22-26-11-2-4-16-31(26)50(34)61-36/h1-24H,51-59H2. The molecule has 0 fully saturated rings. The van der Waals surface area contributed by atoms with Crippen LogP contribution in [-0.4, -0.2) is 70.6 Å². The lowest BCUT2D eigenvalue weighted by Crippen LogP contribution is -2.57. The zero-order valence-electron chi connectivity index (χ0n) is 36.7. The Morgan fingerprint density at radius 2 is 0.902 bits per heavy atom. The fraction of sp³-hybridized carbons (Fsp3) is 0. The fourth-order valence-corrected chi connectivity index (χ4v) is 10.2. The van der Waals surface area contributed by atoms with E-state index in [4.69, 9.17) is 4.42 Å². The molecule has 0 aliphatic carbocycles. The van der Waals surface area contributed by atoms with Gasteiger partial charge in [0.2, 0.25) is 0 Å². The number of nitrogens with zero attached hydrogens (tertiary/aromatic N) is 1. The summed E-state index contributed by atoms with van der Waals surface area (Å²) < 4.78 is 6.75. The summed E-state index contributed by atoms with van der Waals surface area (Å²) in [4.78, 5) is 2.54. The van der Waals surface area contributed by atoms with E-state index in [2.05, 4.69) is 221 Å². The van der Waals surface area contributed by atoms with E-state index in [0.717, 1.165) is 49.8 Å².